The molecule has 2 atom stereocenters. The van der Waals surface area contributed by atoms with Crippen LogP contribution >= 0.6 is 0 Å². The van der Waals surface area contributed by atoms with Gasteiger partial charge in [0.2, 0.25) is 0 Å². The second-order valence-electron chi connectivity index (χ2n) is 10.2. The first-order valence-electron chi connectivity index (χ1n) is 12.6. The summed E-state index contributed by atoms with van der Waals surface area (Å²) >= 11 is 0. The molecule has 0 saturated heterocycles. The van der Waals surface area contributed by atoms with Crippen LogP contribution in [0.2, 0.25) is 0 Å². The highest BCUT2D eigenvalue weighted by Gasteiger charge is 2.20. The Balaban J connectivity index is 2.01. The summed E-state index contributed by atoms with van der Waals surface area (Å²) in [6, 6.07) is 12.3. The van der Waals surface area contributed by atoms with E-state index in [-0.39, 0.29) is 37.0 Å². The molecule has 36 heavy (non-hydrogen) atoms. The van der Waals surface area contributed by atoms with Crippen LogP contribution in [0.4, 0.5) is 0 Å². The Morgan fingerprint density at radius 3 is 1.31 bits per heavy atom. The molecule has 3 aromatic carbocycles. The topological polar surface area (TPSA) is 71.1 Å². The molecular formula is C30H38O6. The Hall–Kier alpha value is -3.28. The first-order valence-corrected chi connectivity index (χ1v) is 12.6. The smallest absolute Gasteiger partial charge is 0.308 e. The standard InChI is InChI=1S/C30H38O6/c1-17(2)29(31)35-21(7)15-33-27-23-11-9-20(6)14-26(23)28(24-12-10-19(5)13-25(24)27)34-16-22(8)36-30(32)18(3)4/h9-14,17-18,21-22H,15-16H2,1-8H3. The van der Waals surface area contributed by atoms with Gasteiger partial charge < -0.3 is 18.9 Å². The molecule has 0 amide bonds. The van der Waals surface area contributed by atoms with Crippen LogP contribution in [0.1, 0.15) is 52.7 Å². The van der Waals surface area contributed by atoms with Crippen LogP contribution in [0.3, 0.4) is 0 Å². The number of rotatable bonds is 10. The van der Waals surface area contributed by atoms with E-state index in [1.807, 2.05) is 79.7 Å². The molecule has 0 saturated carbocycles. The first-order chi connectivity index (χ1) is 17.0. The van der Waals surface area contributed by atoms with E-state index in [0.29, 0.717) is 0 Å². The number of ether oxygens (including phenoxy) is 4. The van der Waals surface area contributed by atoms with Gasteiger partial charge in [0.15, 0.2) is 0 Å². The molecule has 0 aromatic heterocycles. The molecule has 0 aliphatic heterocycles. The lowest BCUT2D eigenvalue weighted by atomic mass is 9.97. The van der Waals surface area contributed by atoms with E-state index in [9.17, 15) is 9.59 Å². The third-order valence-corrected chi connectivity index (χ3v) is 5.83. The Kier molecular flexibility index (Phi) is 8.83. The number of fused-ring (bicyclic) bond motifs is 2. The van der Waals surface area contributed by atoms with Crippen molar-refractivity contribution < 1.29 is 28.5 Å². The monoisotopic (exact) mass is 494 g/mol. The van der Waals surface area contributed by atoms with Crippen LogP contribution in [-0.4, -0.2) is 37.4 Å². The molecule has 0 heterocycles. The molecule has 0 spiro atoms. The van der Waals surface area contributed by atoms with Crippen molar-refractivity contribution in [1.29, 1.82) is 0 Å². The summed E-state index contributed by atoms with van der Waals surface area (Å²) < 4.78 is 23.7. The maximum atomic E-state index is 12.0. The largest absolute Gasteiger partial charge is 0.488 e. The van der Waals surface area contributed by atoms with Crippen LogP contribution in [0.15, 0.2) is 36.4 Å². The highest BCUT2D eigenvalue weighted by Crippen LogP contribution is 2.43. The van der Waals surface area contributed by atoms with E-state index in [0.717, 1.165) is 44.2 Å². The third kappa shape index (κ3) is 6.48. The molecule has 0 bridgehead atoms. The van der Waals surface area contributed by atoms with Crippen LogP contribution in [0.5, 0.6) is 11.5 Å². The van der Waals surface area contributed by atoms with Crippen molar-refractivity contribution in [1.82, 2.24) is 0 Å². The average molecular weight is 495 g/mol. The molecule has 6 nitrogen and oxygen atoms in total. The maximum absolute atomic E-state index is 12.0. The zero-order valence-corrected chi connectivity index (χ0v) is 22.6. The number of carbonyl (C=O) groups is 2. The molecular weight excluding hydrogens is 456 g/mol. The number of hydrogen-bond acceptors (Lipinski definition) is 6. The lowest BCUT2D eigenvalue weighted by Crippen LogP contribution is -2.25. The molecule has 2 unspecified atom stereocenters. The third-order valence-electron chi connectivity index (χ3n) is 5.83. The van der Waals surface area contributed by atoms with Crippen molar-refractivity contribution in [3.8, 4) is 11.5 Å². The van der Waals surface area contributed by atoms with Gasteiger partial charge in [0.25, 0.3) is 0 Å². The lowest BCUT2D eigenvalue weighted by Gasteiger charge is -2.22. The average Bonchev–Trinajstić information content (AvgIpc) is 2.80. The van der Waals surface area contributed by atoms with Gasteiger partial charge in [0.1, 0.15) is 36.9 Å². The number of carbonyl (C=O) groups excluding carboxylic acids is 2. The van der Waals surface area contributed by atoms with Gasteiger partial charge in [-0.15, -0.1) is 0 Å². The molecule has 6 heteroatoms. The minimum absolute atomic E-state index is 0.196. The Bertz CT molecular complexity index is 1150. The Morgan fingerprint density at radius 2 is 0.972 bits per heavy atom. The SMILES string of the molecule is Cc1ccc2c(OCC(C)OC(=O)C(C)C)c3cc(C)ccc3c(OCC(C)OC(=O)C(C)C)c2c1. The summed E-state index contributed by atoms with van der Waals surface area (Å²) in [5.41, 5.74) is 2.17. The van der Waals surface area contributed by atoms with Gasteiger partial charge in [-0.2, -0.15) is 0 Å². The Morgan fingerprint density at radius 1 is 0.611 bits per heavy atom. The summed E-state index contributed by atoms with van der Waals surface area (Å²) in [6.45, 7) is 15.4. The zero-order chi connectivity index (χ0) is 26.6. The minimum atomic E-state index is -0.396. The van der Waals surface area contributed by atoms with Gasteiger partial charge in [-0.3, -0.25) is 9.59 Å². The van der Waals surface area contributed by atoms with Crippen molar-refractivity contribution in [3.63, 3.8) is 0 Å². The number of benzene rings is 3. The molecule has 3 aromatic rings. The summed E-state index contributed by atoms with van der Waals surface area (Å²) in [5, 5.41) is 3.64. The van der Waals surface area contributed by atoms with E-state index in [1.54, 1.807) is 0 Å². The fourth-order valence-corrected chi connectivity index (χ4v) is 3.83. The van der Waals surface area contributed by atoms with Crippen molar-refractivity contribution in [2.75, 3.05) is 13.2 Å². The van der Waals surface area contributed by atoms with Crippen molar-refractivity contribution in [3.05, 3.63) is 47.5 Å². The second kappa shape index (κ2) is 11.6. The molecule has 0 fully saturated rings. The van der Waals surface area contributed by atoms with Crippen molar-refractivity contribution in [2.24, 2.45) is 11.8 Å². The lowest BCUT2D eigenvalue weighted by molar-refractivity contribution is -0.154. The molecule has 0 radical (unpaired) electrons. The summed E-state index contributed by atoms with van der Waals surface area (Å²) in [7, 11) is 0. The van der Waals surface area contributed by atoms with Gasteiger partial charge in [0.05, 0.1) is 11.8 Å². The summed E-state index contributed by atoms with van der Waals surface area (Å²) in [6.07, 6.45) is -0.791. The van der Waals surface area contributed by atoms with E-state index >= 15 is 0 Å². The summed E-state index contributed by atoms with van der Waals surface area (Å²) in [5.74, 6) is 0.564. The maximum Gasteiger partial charge on any atom is 0.308 e. The normalized spacial score (nSPS) is 13.2. The minimum Gasteiger partial charge on any atom is -0.488 e. The number of hydrogen-bond donors (Lipinski definition) is 0. The van der Waals surface area contributed by atoms with E-state index in [4.69, 9.17) is 18.9 Å². The highest BCUT2D eigenvalue weighted by molar-refractivity contribution is 6.11. The van der Waals surface area contributed by atoms with Gasteiger partial charge >= 0.3 is 11.9 Å². The molecule has 194 valence electrons. The number of esters is 2. The van der Waals surface area contributed by atoms with Crippen molar-refractivity contribution >= 4 is 33.5 Å². The first kappa shape index (κ1) is 27.3. The van der Waals surface area contributed by atoms with Crippen LogP contribution in [0, 0.1) is 25.7 Å². The predicted octanol–water partition coefficient (Wildman–Crippen LogP) is 6.54. The van der Waals surface area contributed by atoms with E-state index in [1.165, 1.54) is 0 Å². The van der Waals surface area contributed by atoms with Crippen LogP contribution in [-0.2, 0) is 19.1 Å². The predicted molar refractivity (Wildman–Crippen MR) is 143 cm³/mol. The van der Waals surface area contributed by atoms with Gasteiger partial charge in [-0.25, -0.2) is 0 Å². The van der Waals surface area contributed by atoms with Crippen molar-refractivity contribution in [2.45, 2.75) is 67.6 Å². The van der Waals surface area contributed by atoms with Crippen LogP contribution in [0.25, 0.3) is 21.5 Å². The zero-order valence-electron chi connectivity index (χ0n) is 22.6. The Labute approximate surface area is 213 Å². The van der Waals surface area contributed by atoms with Gasteiger partial charge in [-0.1, -0.05) is 63.1 Å². The number of aryl methyl sites for hydroxylation is 2. The quantitative estimate of drug-likeness (QED) is 0.235. The summed E-state index contributed by atoms with van der Waals surface area (Å²) in [4.78, 5) is 24.0. The van der Waals surface area contributed by atoms with Crippen LogP contribution < -0.4 is 9.47 Å². The fourth-order valence-electron chi connectivity index (χ4n) is 3.83. The molecule has 0 aliphatic carbocycles. The fraction of sp³-hybridized carbons (Fsp3) is 0.467. The highest BCUT2D eigenvalue weighted by atomic mass is 16.6. The van der Waals surface area contributed by atoms with E-state index < -0.39 is 12.2 Å². The molecule has 0 N–H and O–H groups in total. The second-order valence-corrected chi connectivity index (χ2v) is 10.2. The van der Waals surface area contributed by atoms with Gasteiger partial charge in [-0.05, 0) is 39.8 Å². The van der Waals surface area contributed by atoms with Gasteiger partial charge in [0, 0.05) is 21.5 Å². The van der Waals surface area contributed by atoms with E-state index in [2.05, 4.69) is 12.1 Å². The molecule has 0 aliphatic rings. The molecule has 3 rings (SSSR count).